The van der Waals surface area contributed by atoms with E-state index in [4.69, 9.17) is 0 Å². The molecule has 1 aromatic carbocycles. The summed E-state index contributed by atoms with van der Waals surface area (Å²) < 4.78 is 5.58. The summed E-state index contributed by atoms with van der Waals surface area (Å²) in [6, 6.07) is 9.11. The van der Waals surface area contributed by atoms with E-state index in [9.17, 15) is 4.79 Å². The van der Waals surface area contributed by atoms with Gasteiger partial charge in [0.2, 0.25) is 5.91 Å². The fraction of sp³-hybridized carbons (Fsp3) is 0.444. The molecule has 0 bridgehead atoms. The van der Waals surface area contributed by atoms with E-state index in [0.717, 1.165) is 48.2 Å². The lowest BCUT2D eigenvalue weighted by Crippen LogP contribution is -2.44. The Bertz CT molecular complexity index is 1360. The normalized spacial score (nSPS) is 16.4. The maximum atomic E-state index is 13.2. The van der Waals surface area contributed by atoms with Crippen molar-refractivity contribution < 1.29 is 4.79 Å². The molecule has 0 radical (unpaired) electrons. The minimum absolute atomic E-state index is 0.203. The van der Waals surface area contributed by atoms with Crippen LogP contribution in [0.15, 0.2) is 34.8 Å². The Hall–Kier alpha value is -2.58. The van der Waals surface area contributed by atoms with Gasteiger partial charge < -0.3 is 9.47 Å². The molecule has 1 aliphatic heterocycles. The smallest absolute Gasteiger partial charge is 0.233 e. The van der Waals surface area contributed by atoms with Crippen molar-refractivity contribution in [2.75, 3.05) is 12.3 Å². The van der Waals surface area contributed by atoms with E-state index in [1.807, 2.05) is 0 Å². The Morgan fingerprint density at radius 2 is 1.91 bits per heavy atom. The van der Waals surface area contributed by atoms with Crippen molar-refractivity contribution in [2.24, 2.45) is 7.05 Å². The van der Waals surface area contributed by atoms with Gasteiger partial charge in [-0.25, -0.2) is 0 Å². The van der Waals surface area contributed by atoms with Crippen molar-refractivity contribution in [2.45, 2.75) is 64.6 Å². The number of thioether (sulfide) groups is 1. The van der Waals surface area contributed by atoms with E-state index in [1.165, 1.54) is 45.1 Å². The van der Waals surface area contributed by atoms with Crippen LogP contribution in [0.5, 0.6) is 0 Å². The molecule has 0 N–H and O–H groups in total. The summed E-state index contributed by atoms with van der Waals surface area (Å²) in [6.45, 7) is 9.45. The number of carbonyl (C=O) groups excluding carboxylic acids is 1. The zero-order valence-corrected chi connectivity index (χ0v) is 22.8. The van der Waals surface area contributed by atoms with Crippen LogP contribution >= 0.6 is 23.1 Å². The number of rotatable bonds is 6. The van der Waals surface area contributed by atoms with Crippen LogP contribution in [0.2, 0.25) is 0 Å². The molecule has 0 unspecified atom stereocenters. The summed E-state index contributed by atoms with van der Waals surface area (Å²) >= 11 is 3.23. The fourth-order valence-corrected chi connectivity index (χ4v) is 7.16. The summed E-state index contributed by atoms with van der Waals surface area (Å²) in [5, 5.41) is 12.2. The first-order chi connectivity index (χ1) is 16.9. The first-order valence-corrected chi connectivity index (χ1v) is 14.2. The van der Waals surface area contributed by atoms with Crippen LogP contribution in [0.25, 0.3) is 27.4 Å². The first-order valence-electron chi connectivity index (χ1n) is 12.4. The van der Waals surface area contributed by atoms with Crippen LogP contribution in [0.3, 0.4) is 0 Å². The second-order valence-electron chi connectivity index (χ2n) is 9.58. The second-order valence-corrected chi connectivity index (χ2v) is 11.5. The summed E-state index contributed by atoms with van der Waals surface area (Å²) in [4.78, 5) is 15.3. The van der Waals surface area contributed by atoms with Crippen molar-refractivity contribution in [3.05, 3.63) is 46.3 Å². The molecule has 35 heavy (non-hydrogen) atoms. The quantitative estimate of drug-likeness (QED) is 0.288. The predicted octanol–water partition coefficient (Wildman–Crippen LogP) is 6.30. The number of piperidine rings is 1. The molecule has 1 aliphatic rings. The summed E-state index contributed by atoms with van der Waals surface area (Å²) in [5.74, 6) is 1.39. The van der Waals surface area contributed by atoms with Gasteiger partial charge in [-0.3, -0.25) is 9.36 Å². The third kappa shape index (κ3) is 4.42. The van der Waals surface area contributed by atoms with Crippen molar-refractivity contribution in [3.63, 3.8) is 0 Å². The molecule has 184 valence electrons. The number of benzene rings is 1. The van der Waals surface area contributed by atoms with Gasteiger partial charge in [0.15, 0.2) is 11.0 Å². The number of amides is 1. The molecule has 8 heteroatoms. The van der Waals surface area contributed by atoms with Crippen molar-refractivity contribution >= 4 is 39.2 Å². The van der Waals surface area contributed by atoms with Gasteiger partial charge in [-0.15, -0.1) is 21.5 Å². The van der Waals surface area contributed by atoms with Crippen LogP contribution in [-0.2, 0) is 11.8 Å². The third-order valence-corrected chi connectivity index (χ3v) is 8.90. The molecular formula is C27H33N5OS2. The van der Waals surface area contributed by atoms with Gasteiger partial charge in [-0.05, 0) is 75.1 Å². The number of carbonyl (C=O) groups is 1. The van der Waals surface area contributed by atoms with E-state index in [2.05, 4.69) is 88.6 Å². The van der Waals surface area contributed by atoms with Crippen LogP contribution in [-0.4, -0.2) is 48.5 Å². The fourth-order valence-electron chi connectivity index (χ4n) is 5.48. The Morgan fingerprint density at radius 3 is 2.63 bits per heavy atom. The van der Waals surface area contributed by atoms with E-state index >= 15 is 0 Å². The maximum Gasteiger partial charge on any atom is 0.233 e. The van der Waals surface area contributed by atoms with E-state index in [-0.39, 0.29) is 5.91 Å². The minimum atomic E-state index is 0.203. The zero-order valence-electron chi connectivity index (χ0n) is 21.2. The van der Waals surface area contributed by atoms with E-state index in [0.29, 0.717) is 11.8 Å². The number of aryl methyl sites for hydroxylation is 4. The molecule has 0 saturated carbocycles. The summed E-state index contributed by atoms with van der Waals surface area (Å²) in [7, 11) is 2.08. The number of aromatic nitrogens is 4. The molecule has 1 amide bonds. The Labute approximate surface area is 215 Å². The van der Waals surface area contributed by atoms with Gasteiger partial charge in [-0.2, -0.15) is 0 Å². The van der Waals surface area contributed by atoms with Gasteiger partial charge in [0, 0.05) is 19.6 Å². The van der Waals surface area contributed by atoms with E-state index < -0.39 is 0 Å². The van der Waals surface area contributed by atoms with Gasteiger partial charge >= 0.3 is 0 Å². The highest BCUT2D eigenvalue weighted by Gasteiger charge is 2.27. The van der Waals surface area contributed by atoms with Crippen molar-refractivity contribution in [3.8, 4) is 17.2 Å². The molecule has 5 rings (SSSR count). The Morgan fingerprint density at radius 1 is 1.14 bits per heavy atom. The number of thiophene rings is 1. The van der Waals surface area contributed by atoms with Crippen LogP contribution in [0.4, 0.5) is 0 Å². The first kappa shape index (κ1) is 24.1. The summed E-state index contributed by atoms with van der Waals surface area (Å²) in [6.07, 6.45) is 4.44. The standard InChI is InChI=1S/C27H33N5OS2/c1-6-20-9-7-8-11-31(20)24(33)16-35-27-29-28-26(22-15-23-21(30(22)5)10-12-34-23)32(27)25-18(3)13-17(2)14-19(25)4/h10,12-15,20H,6-9,11,16H2,1-5H3/t20-/m1/s1. The van der Waals surface area contributed by atoms with Crippen molar-refractivity contribution in [1.82, 2.24) is 24.2 Å². The number of hydrogen-bond acceptors (Lipinski definition) is 5. The van der Waals surface area contributed by atoms with Crippen LogP contribution in [0, 0.1) is 20.8 Å². The van der Waals surface area contributed by atoms with Gasteiger partial charge in [0.25, 0.3) is 0 Å². The maximum absolute atomic E-state index is 13.2. The minimum Gasteiger partial charge on any atom is -0.340 e. The summed E-state index contributed by atoms with van der Waals surface area (Å²) in [5.41, 5.74) is 6.90. The number of nitrogens with zero attached hydrogens (tertiary/aromatic N) is 5. The third-order valence-electron chi connectivity index (χ3n) is 7.13. The molecule has 3 aromatic heterocycles. The molecular weight excluding hydrogens is 474 g/mol. The Balaban J connectivity index is 1.55. The SMILES string of the molecule is CC[C@@H]1CCCCN1C(=O)CSc1nnc(-c2cc3sccc3n2C)n1-c1c(C)cc(C)cc1C. The molecule has 0 spiro atoms. The second kappa shape index (κ2) is 9.82. The molecule has 0 aliphatic carbocycles. The van der Waals surface area contributed by atoms with Gasteiger partial charge in [0.1, 0.15) is 0 Å². The average molecular weight is 508 g/mol. The number of likely N-dealkylation sites (tertiary alicyclic amines) is 1. The highest BCUT2D eigenvalue weighted by atomic mass is 32.2. The highest BCUT2D eigenvalue weighted by Crippen LogP contribution is 2.35. The Kier molecular flexibility index (Phi) is 6.77. The lowest BCUT2D eigenvalue weighted by molar-refractivity contribution is -0.132. The van der Waals surface area contributed by atoms with Gasteiger partial charge in [-0.1, -0.05) is 36.4 Å². The molecule has 1 fully saturated rings. The van der Waals surface area contributed by atoms with Crippen LogP contribution in [0.1, 0.15) is 49.3 Å². The number of fused-ring (bicyclic) bond motifs is 1. The largest absolute Gasteiger partial charge is 0.340 e. The predicted molar refractivity (Wildman–Crippen MR) is 146 cm³/mol. The lowest BCUT2D eigenvalue weighted by Gasteiger charge is -2.35. The highest BCUT2D eigenvalue weighted by molar-refractivity contribution is 7.99. The average Bonchev–Trinajstić information content (AvgIpc) is 3.53. The monoisotopic (exact) mass is 507 g/mol. The van der Waals surface area contributed by atoms with Crippen LogP contribution < -0.4 is 0 Å². The lowest BCUT2D eigenvalue weighted by atomic mass is 10.0. The molecule has 1 atom stereocenters. The number of hydrogen-bond donors (Lipinski definition) is 0. The molecule has 4 aromatic rings. The topological polar surface area (TPSA) is 56.0 Å². The zero-order chi connectivity index (χ0) is 24.7. The molecule has 6 nitrogen and oxygen atoms in total. The van der Waals surface area contributed by atoms with E-state index in [1.54, 1.807) is 11.3 Å². The molecule has 1 saturated heterocycles. The molecule has 4 heterocycles. The van der Waals surface area contributed by atoms with Gasteiger partial charge in [0.05, 0.1) is 27.4 Å². The van der Waals surface area contributed by atoms with Crippen molar-refractivity contribution in [1.29, 1.82) is 0 Å².